The first kappa shape index (κ1) is 24.1. The van der Waals surface area contributed by atoms with Crippen molar-refractivity contribution in [3.63, 3.8) is 0 Å². The van der Waals surface area contributed by atoms with Gasteiger partial charge in [0, 0.05) is 22.0 Å². The molecule has 2 aromatic heterocycles. The number of carbonyl (C=O) groups excluding carboxylic acids is 1. The summed E-state index contributed by atoms with van der Waals surface area (Å²) in [6.45, 7) is 2.61. The van der Waals surface area contributed by atoms with Crippen LogP contribution < -0.4 is 5.32 Å². The average molecular weight is 521 g/mol. The second-order valence-electron chi connectivity index (χ2n) is 7.75. The molecule has 0 unspecified atom stereocenters. The summed E-state index contributed by atoms with van der Waals surface area (Å²) in [5.74, 6) is 0.634. The van der Waals surface area contributed by atoms with Crippen molar-refractivity contribution in [1.82, 2.24) is 14.8 Å². The molecular formula is C23H23Cl2N5OS2. The fourth-order valence-corrected chi connectivity index (χ4v) is 6.52. The van der Waals surface area contributed by atoms with Gasteiger partial charge in [-0.2, -0.15) is 5.26 Å². The van der Waals surface area contributed by atoms with Gasteiger partial charge in [0.15, 0.2) is 11.0 Å². The molecule has 1 N–H and O–H groups in total. The third-order valence-electron chi connectivity index (χ3n) is 5.57. The lowest BCUT2D eigenvalue weighted by Crippen LogP contribution is -2.14. The van der Waals surface area contributed by atoms with Gasteiger partial charge in [0.2, 0.25) is 5.91 Å². The lowest BCUT2D eigenvalue weighted by molar-refractivity contribution is -0.113. The topological polar surface area (TPSA) is 83.6 Å². The number of halogens is 2. The molecule has 0 bridgehead atoms. The van der Waals surface area contributed by atoms with Gasteiger partial charge in [0.1, 0.15) is 11.1 Å². The van der Waals surface area contributed by atoms with E-state index in [-0.39, 0.29) is 11.7 Å². The van der Waals surface area contributed by atoms with Crippen LogP contribution >= 0.6 is 46.3 Å². The van der Waals surface area contributed by atoms with Gasteiger partial charge in [0.05, 0.1) is 16.3 Å². The molecule has 4 rings (SSSR count). The van der Waals surface area contributed by atoms with E-state index < -0.39 is 0 Å². The molecule has 0 saturated carbocycles. The predicted molar refractivity (Wildman–Crippen MR) is 135 cm³/mol. The first-order chi connectivity index (χ1) is 16.0. The van der Waals surface area contributed by atoms with E-state index in [1.54, 1.807) is 23.5 Å². The summed E-state index contributed by atoms with van der Waals surface area (Å²) >= 11 is 15.2. The molecule has 0 aliphatic heterocycles. The number of hydrogen-bond donors (Lipinski definition) is 1. The first-order valence-electron chi connectivity index (χ1n) is 10.9. The number of rotatable bonds is 6. The molecule has 1 aromatic carbocycles. The highest BCUT2D eigenvalue weighted by molar-refractivity contribution is 7.99. The Balaban J connectivity index is 1.47. The second-order valence-corrected chi connectivity index (χ2v) is 10.6. The van der Waals surface area contributed by atoms with Crippen LogP contribution in [0.3, 0.4) is 0 Å². The molecule has 2 heterocycles. The van der Waals surface area contributed by atoms with Crippen molar-refractivity contribution in [2.24, 2.45) is 0 Å². The van der Waals surface area contributed by atoms with Crippen LogP contribution in [0, 0.1) is 11.3 Å². The number of fused-ring (bicyclic) bond motifs is 1. The number of hydrogen-bond acceptors (Lipinski definition) is 6. The minimum absolute atomic E-state index is 0.164. The number of thiophene rings is 1. The lowest BCUT2D eigenvalue weighted by Gasteiger charge is -2.09. The molecule has 6 nitrogen and oxygen atoms in total. The molecule has 0 radical (unpaired) electrons. The summed E-state index contributed by atoms with van der Waals surface area (Å²) in [5.41, 5.74) is 2.49. The van der Waals surface area contributed by atoms with E-state index in [4.69, 9.17) is 23.2 Å². The van der Waals surface area contributed by atoms with Crippen LogP contribution in [0.1, 0.15) is 48.6 Å². The van der Waals surface area contributed by atoms with Crippen molar-refractivity contribution in [2.75, 3.05) is 11.1 Å². The summed E-state index contributed by atoms with van der Waals surface area (Å²) < 4.78 is 1.92. The van der Waals surface area contributed by atoms with Gasteiger partial charge < -0.3 is 9.88 Å². The monoisotopic (exact) mass is 519 g/mol. The summed E-state index contributed by atoms with van der Waals surface area (Å²) in [6.07, 6.45) is 6.53. The first-order valence-corrected chi connectivity index (χ1v) is 13.4. The number of nitrogens with zero attached hydrogens (tertiary/aromatic N) is 4. The Morgan fingerprint density at radius 2 is 2.03 bits per heavy atom. The minimum atomic E-state index is -0.164. The Kier molecular flexibility index (Phi) is 7.97. The SMILES string of the molecule is CCn1c(SCC(=O)Nc2sc3c(c2C#N)CCCCCC3)nnc1-c1ccc(Cl)cc1Cl. The fourth-order valence-electron chi connectivity index (χ4n) is 3.97. The molecule has 0 spiro atoms. The Morgan fingerprint density at radius 3 is 2.76 bits per heavy atom. The Morgan fingerprint density at radius 1 is 1.24 bits per heavy atom. The Labute approximate surface area is 211 Å². The summed E-state index contributed by atoms with van der Waals surface area (Å²) in [4.78, 5) is 14.0. The number of carbonyl (C=O) groups is 1. The maximum atomic E-state index is 12.7. The minimum Gasteiger partial charge on any atom is -0.316 e. The number of benzene rings is 1. The quantitative estimate of drug-likeness (QED) is 0.371. The van der Waals surface area contributed by atoms with Gasteiger partial charge in [-0.25, -0.2) is 0 Å². The van der Waals surface area contributed by atoms with E-state index in [2.05, 4.69) is 21.6 Å². The molecule has 172 valence electrons. The maximum Gasteiger partial charge on any atom is 0.235 e. The van der Waals surface area contributed by atoms with Crippen LogP contribution in [0.5, 0.6) is 0 Å². The number of amides is 1. The van der Waals surface area contributed by atoms with E-state index in [1.807, 2.05) is 17.6 Å². The summed E-state index contributed by atoms with van der Waals surface area (Å²) in [5, 5.41) is 23.6. The van der Waals surface area contributed by atoms with Crippen molar-refractivity contribution >= 4 is 57.2 Å². The van der Waals surface area contributed by atoms with Crippen LogP contribution in [0.25, 0.3) is 11.4 Å². The van der Waals surface area contributed by atoms with E-state index in [9.17, 15) is 10.1 Å². The zero-order valence-electron chi connectivity index (χ0n) is 18.2. The maximum absolute atomic E-state index is 12.7. The van der Waals surface area contributed by atoms with Crippen LogP contribution in [-0.2, 0) is 24.2 Å². The van der Waals surface area contributed by atoms with Crippen molar-refractivity contribution in [2.45, 2.75) is 57.1 Å². The van der Waals surface area contributed by atoms with E-state index >= 15 is 0 Å². The largest absolute Gasteiger partial charge is 0.316 e. The molecular weight excluding hydrogens is 497 g/mol. The van der Waals surface area contributed by atoms with Crippen LogP contribution in [-0.4, -0.2) is 26.4 Å². The molecule has 0 fully saturated rings. The molecule has 3 aromatic rings. The standard InChI is InChI=1S/C23H23Cl2N5OS2/c1-2-30-21(16-10-9-14(24)11-18(16)25)28-29-23(30)32-13-20(31)27-22-17(12-26)15-7-5-3-4-6-8-19(15)33-22/h9-11H,2-8,13H2,1H3,(H,27,31). The van der Waals surface area contributed by atoms with Gasteiger partial charge in [0.25, 0.3) is 0 Å². The molecule has 0 atom stereocenters. The van der Waals surface area contributed by atoms with Crippen LogP contribution in [0.4, 0.5) is 5.00 Å². The molecule has 33 heavy (non-hydrogen) atoms. The average Bonchev–Trinajstić information content (AvgIpc) is 3.32. The van der Waals surface area contributed by atoms with Gasteiger partial charge in [-0.15, -0.1) is 21.5 Å². The normalized spacial score (nSPS) is 13.6. The van der Waals surface area contributed by atoms with Crippen molar-refractivity contribution < 1.29 is 4.79 Å². The van der Waals surface area contributed by atoms with Crippen LogP contribution in [0.15, 0.2) is 23.4 Å². The zero-order chi connectivity index (χ0) is 23.4. The van der Waals surface area contributed by atoms with Gasteiger partial charge in [-0.05, 0) is 56.4 Å². The Bertz CT molecular complexity index is 1210. The van der Waals surface area contributed by atoms with Gasteiger partial charge in [-0.3, -0.25) is 4.79 Å². The molecule has 1 aliphatic rings. The molecule has 10 heteroatoms. The Hall–Kier alpha value is -2.05. The van der Waals surface area contributed by atoms with Gasteiger partial charge >= 0.3 is 0 Å². The predicted octanol–water partition coefficient (Wildman–Crippen LogP) is 6.59. The van der Waals surface area contributed by atoms with Gasteiger partial charge in [-0.1, -0.05) is 47.8 Å². The highest BCUT2D eigenvalue weighted by Gasteiger charge is 2.21. The molecule has 1 aliphatic carbocycles. The van der Waals surface area contributed by atoms with E-state index in [1.165, 1.54) is 29.5 Å². The summed E-state index contributed by atoms with van der Waals surface area (Å²) in [6, 6.07) is 7.56. The number of nitrogens with one attached hydrogen (secondary N) is 1. The van der Waals surface area contributed by atoms with Crippen molar-refractivity contribution in [3.8, 4) is 17.5 Å². The second kappa shape index (κ2) is 10.9. The number of nitriles is 1. The number of thioether (sulfide) groups is 1. The molecule has 0 saturated heterocycles. The number of anilines is 1. The van der Waals surface area contributed by atoms with E-state index in [0.717, 1.165) is 36.8 Å². The lowest BCUT2D eigenvalue weighted by atomic mass is 9.97. The summed E-state index contributed by atoms with van der Waals surface area (Å²) in [7, 11) is 0. The van der Waals surface area contributed by atoms with Crippen molar-refractivity contribution in [3.05, 3.63) is 44.2 Å². The number of aromatic nitrogens is 3. The van der Waals surface area contributed by atoms with Crippen LogP contribution in [0.2, 0.25) is 10.0 Å². The third kappa shape index (κ3) is 5.38. The highest BCUT2D eigenvalue weighted by Crippen LogP contribution is 2.37. The fraction of sp³-hybridized carbons (Fsp3) is 0.391. The number of aryl methyl sites for hydroxylation is 1. The molecule has 1 amide bonds. The zero-order valence-corrected chi connectivity index (χ0v) is 21.3. The third-order valence-corrected chi connectivity index (χ3v) is 8.30. The van der Waals surface area contributed by atoms with Crippen molar-refractivity contribution in [1.29, 1.82) is 5.26 Å². The smallest absolute Gasteiger partial charge is 0.235 e. The highest BCUT2D eigenvalue weighted by atomic mass is 35.5. The van der Waals surface area contributed by atoms with E-state index in [0.29, 0.717) is 38.1 Å².